The minimum atomic E-state index is -4.63. The Kier molecular flexibility index (Phi) is 12.0. The molecule has 2 aromatic heterocycles. The lowest BCUT2D eigenvalue weighted by atomic mass is 10.0. The number of hydrogen-bond donors (Lipinski definition) is 4. The molecule has 9 nitrogen and oxygen atoms in total. The van der Waals surface area contributed by atoms with Crippen LogP contribution in [-0.2, 0) is 22.1 Å². The van der Waals surface area contributed by atoms with Crippen molar-refractivity contribution in [2.75, 3.05) is 13.2 Å². The van der Waals surface area contributed by atoms with Gasteiger partial charge in [0.25, 0.3) is 0 Å². The maximum atomic E-state index is 13.7. The quantitative estimate of drug-likeness (QED) is 0.0941. The smallest absolute Gasteiger partial charge is 0.420 e. The van der Waals surface area contributed by atoms with Gasteiger partial charge in [0.15, 0.2) is 11.5 Å². The SMILES string of the molecule is C=CC(=O)OCCCC(O)C(O)CC(O)C(O)COc1ccc2cc(-c3oc(CCCCC)cc3C(F)(F)F)oc2c1. The molecule has 2 heterocycles. The van der Waals surface area contributed by atoms with E-state index in [1.165, 1.54) is 18.2 Å². The zero-order valence-electron chi connectivity index (χ0n) is 23.3. The van der Waals surface area contributed by atoms with E-state index in [2.05, 4.69) is 6.58 Å². The molecule has 1 aromatic carbocycles. The summed E-state index contributed by atoms with van der Waals surface area (Å²) >= 11 is 0. The molecule has 4 unspecified atom stereocenters. The van der Waals surface area contributed by atoms with Gasteiger partial charge in [-0.1, -0.05) is 26.3 Å². The molecule has 4 N–H and O–H groups in total. The van der Waals surface area contributed by atoms with Crippen LogP contribution in [0.25, 0.3) is 22.5 Å². The number of aliphatic hydroxyl groups excluding tert-OH is 4. The van der Waals surface area contributed by atoms with Crippen LogP contribution in [0.1, 0.15) is 56.8 Å². The second-order valence-electron chi connectivity index (χ2n) is 10.1. The molecule has 12 heteroatoms. The summed E-state index contributed by atoms with van der Waals surface area (Å²) in [4.78, 5) is 11.0. The van der Waals surface area contributed by atoms with E-state index < -0.39 is 47.9 Å². The van der Waals surface area contributed by atoms with Crippen LogP contribution in [0.4, 0.5) is 13.2 Å². The summed E-state index contributed by atoms with van der Waals surface area (Å²) in [7, 11) is 0. The summed E-state index contributed by atoms with van der Waals surface area (Å²) in [5.41, 5.74) is -0.683. The Balaban J connectivity index is 1.59. The molecule has 0 amide bonds. The Hall–Kier alpha value is -3.32. The lowest BCUT2D eigenvalue weighted by Gasteiger charge is -2.23. The molecule has 3 rings (SSSR count). The van der Waals surface area contributed by atoms with E-state index in [1.807, 2.05) is 6.92 Å². The normalized spacial score (nSPS) is 14.9. The number of benzene rings is 1. The molecular weight excluding hydrogens is 561 g/mol. The number of hydrogen-bond acceptors (Lipinski definition) is 9. The second kappa shape index (κ2) is 15.2. The predicted molar refractivity (Wildman–Crippen MR) is 147 cm³/mol. The lowest BCUT2D eigenvalue weighted by molar-refractivity contribution is -0.138. The molecule has 0 radical (unpaired) electrons. The first-order chi connectivity index (χ1) is 19.9. The van der Waals surface area contributed by atoms with Crippen molar-refractivity contribution in [1.82, 2.24) is 0 Å². The maximum absolute atomic E-state index is 13.7. The number of carbonyl (C=O) groups excluding carboxylic acids is 1. The number of carbonyl (C=O) groups is 1. The van der Waals surface area contributed by atoms with Gasteiger partial charge in [-0.3, -0.25) is 0 Å². The molecule has 3 aromatic rings. The Bertz CT molecular complexity index is 1300. The van der Waals surface area contributed by atoms with E-state index in [4.69, 9.17) is 18.3 Å². The highest BCUT2D eigenvalue weighted by atomic mass is 19.4. The fraction of sp³-hybridized carbons (Fsp3) is 0.500. The lowest BCUT2D eigenvalue weighted by Crippen LogP contribution is -2.38. The van der Waals surface area contributed by atoms with E-state index in [-0.39, 0.29) is 55.3 Å². The van der Waals surface area contributed by atoms with E-state index in [0.717, 1.165) is 25.0 Å². The number of fused-ring (bicyclic) bond motifs is 1. The van der Waals surface area contributed by atoms with Crippen LogP contribution < -0.4 is 4.74 Å². The summed E-state index contributed by atoms with van der Waals surface area (Å²) < 4.78 is 62.7. The van der Waals surface area contributed by atoms with Crippen molar-refractivity contribution < 1.29 is 56.7 Å². The van der Waals surface area contributed by atoms with Crippen molar-refractivity contribution in [3.05, 3.63) is 54.3 Å². The second-order valence-corrected chi connectivity index (χ2v) is 10.1. The highest BCUT2D eigenvalue weighted by molar-refractivity contribution is 5.83. The molecule has 0 aliphatic heterocycles. The molecule has 0 saturated carbocycles. The van der Waals surface area contributed by atoms with Crippen LogP contribution in [0.5, 0.6) is 5.75 Å². The molecule has 0 spiro atoms. The Morgan fingerprint density at radius 1 is 1.00 bits per heavy atom. The third-order valence-electron chi connectivity index (χ3n) is 6.68. The van der Waals surface area contributed by atoms with Crippen molar-refractivity contribution in [2.24, 2.45) is 0 Å². The Morgan fingerprint density at radius 3 is 2.43 bits per heavy atom. The van der Waals surface area contributed by atoms with Gasteiger partial charge < -0.3 is 38.7 Å². The molecule has 4 atom stereocenters. The first-order valence-corrected chi connectivity index (χ1v) is 13.8. The van der Waals surface area contributed by atoms with Gasteiger partial charge in [-0.2, -0.15) is 13.2 Å². The average Bonchev–Trinajstić information content (AvgIpc) is 3.58. The number of furan rings is 2. The average molecular weight is 599 g/mol. The molecular formula is C30H37F3O9. The van der Waals surface area contributed by atoms with Crippen molar-refractivity contribution in [2.45, 2.75) is 82.5 Å². The van der Waals surface area contributed by atoms with Gasteiger partial charge in [-0.05, 0) is 43.5 Å². The zero-order chi connectivity index (χ0) is 30.9. The molecule has 0 saturated heterocycles. The van der Waals surface area contributed by atoms with Gasteiger partial charge in [0.2, 0.25) is 0 Å². The van der Waals surface area contributed by atoms with Gasteiger partial charge in [0, 0.05) is 30.4 Å². The predicted octanol–water partition coefficient (Wildman–Crippen LogP) is 5.17. The van der Waals surface area contributed by atoms with E-state index >= 15 is 0 Å². The highest BCUT2D eigenvalue weighted by Gasteiger charge is 2.38. The molecule has 42 heavy (non-hydrogen) atoms. The third kappa shape index (κ3) is 9.35. The van der Waals surface area contributed by atoms with Gasteiger partial charge >= 0.3 is 12.1 Å². The van der Waals surface area contributed by atoms with E-state index in [1.54, 1.807) is 6.07 Å². The van der Waals surface area contributed by atoms with Crippen LogP contribution in [-0.4, -0.2) is 64.0 Å². The Labute approximate surface area is 241 Å². The molecule has 0 bridgehead atoms. The monoisotopic (exact) mass is 598 g/mol. The van der Waals surface area contributed by atoms with E-state index in [9.17, 15) is 38.4 Å². The van der Waals surface area contributed by atoms with Crippen molar-refractivity contribution >= 4 is 16.9 Å². The topological polar surface area (TPSA) is 143 Å². The van der Waals surface area contributed by atoms with Crippen LogP contribution >= 0.6 is 0 Å². The fourth-order valence-electron chi connectivity index (χ4n) is 4.29. The summed E-state index contributed by atoms with van der Waals surface area (Å²) in [6, 6.07) is 6.99. The summed E-state index contributed by atoms with van der Waals surface area (Å²) in [5.74, 6) is -0.632. The fourth-order valence-corrected chi connectivity index (χ4v) is 4.29. The number of esters is 1. The van der Waals surface area contributed by atoms with Crippen molar-refractivity contribution in [3.8, 4) is 17.3 Å². The number of aliphatic hydroxyl groups is 4. The third-order valence-corrected chi connectivity index (χ3v) is 6.68. The van der Waals surface area contributed by atoms with Gasteiger partial charge in [0.05, 0.1) is 24.9 Å². The summed E-state index contributed by atoms with van der Waals surface area (Å²) in [5, 5.41) is 41.2. The van der Waals surface area contributed by atoms with Crippen LogP contribution in [0.15, 0.2) is 51.8 Å². The first-order valence-electron chi connectivity index (χ1n) is 13.8. The molecule has 0 aliphatic carbocycles. The summed E-state index contributed by atoms with van der Waals surface area (Å²) in [6.07, 6.45) is -6.14. The molecule has 232 valence electrons. The first kappa shape index (κ1) is 33.2. The molecule has 0 aliphatic rings. The number of halogens is 3. The minimum absolute atomic E-state index is 0.0280. The van der Waals surface area contributed by atoms with Crippen LogP contribution in [0.3, 0.4) is 0 Å². The number of alkyl halides is 3. The summed E-state index contributed by atoms with van der Waals surface area (Å²) in [6.45, 7) is 4.91. The Morgan fingerprint density at radius 2 is 1.74 bits per heavy atom. The van der Waals surface area contributed by atoms with Gasteiger partial charge in [-0.25, -0.2) is 4.79 Å². The van der Waals surface area contributed by atoms with Crippen LogP contribution in [0.2, 0.25) is 0 Å². The maximum Gasteiger partial charge on any atom is 0.420 e. The number of aryl methyl sites for hydroxylation is 1. The van der Waals surface area contributed by atoms with E-state index in [0.29, 0.717) is 18.2 Å². The molecule has 0 fully saturated rings. The largest absolute Gasteiger partial charge is 0.491 e. The van der Waals surface area contributed by atoms with Crippen molar-refractivity contribution in [1.29, 1.82) is 0 Å². The van der Waals surface area contributed by atoms with Gasteiger partial charge in [0.1, 0.15) is 35.4 Å². The number of unbranched alkanes of at least 4 members (excludes halogenated alkanes) is 2. The van der Waals surface area contributed by atoms with Crippen LogP contribution in [0, 0.1) is 0 Å². The standard InChI is InChI=1S/C30H37F3O9/c1-3-5-6-8-20-14-21(30(31,32)33)29(41-20)27-13-18-10-11-19(15-26(18)42-27)40-17-25(37)24(36)16-23(35)22(34)9-7-12-39-28(38)4-2/h4,10-11,13-15,22-25,34-37H,2-3,5-9,12,16-17H2,1H3. The minimum Gasteiger partial charge on any atom is -0.491 e. The number of rotatable bonds is 17. The highest BCUT2D eigenvalue weighted by Crippen LogP contribution is 2.41. The number of ether oxygens (including phenoxy) is 2. The van der Waals surface area contributed by atoms with Crippen molar-refractivity contribution in [3.63, 3.8) is 0 Å². The zero-order valence-corrected chi connectivity index (χ0v) is 23.3. The van der Waals surface area contributed by atoms with Gasteiger partial charge in [-0.15, -0.1) is 0 Å².